The maximum Gasteiger partial charge on any atom is 0.233 e. The molecule has 0 aliphatic carbocycles. The van der Waals surface area contributed by atoms with Gasteiger partial charge >= 0.3 is 0 Å². The lowest BCUT2D eigenvalue weighted by molar-refractivity contribution is -0.117. The summed E-state index contributed by atoms with van der Waals surface area (Å²) in [5, 5.41) is 0.334. The van der Waals surface area contributed by atoms with Gasteiger partial charge in [0.2, 0.25) is 11.2 Å². The van der Waals surface area contributed by atoms with E-state index in [4.69, 9.17) is 23.2 Å². The first-order chi connectivity index (χ1) is 7.00. The van der Waals surface area contributed by atoms with Crippen LogP contribution >= 0.6 is 23.2 Å². The van der Waals surface area contributed by atoms with Crippen LogP contribution in [0.3, 0.4) is 0 Å². The molecule has 6 heteroatoms. The van der Waals surface area contributed by atoms with Crippen LogP contribution in [0.5, 0.6) is 0 Å². The quantitative estimate of drug-likeness (QED) is 0.563. The molecule has 0 fully saturated rings. The highest BCUT2D eigenvalue weighted by molar-refractivity contribution is 6.33. The Morgan fingerprint density at radius 1 is 1.33 bits per heavy atom. The summed E-state index contributed by atoms with van der Waals surface area (Å²) in [6.07, 6.45) is 0.253. The zero-order valence-corrected chi connectivity index (χ0v) is 9.80. The number of carbonyl (C=O) groups is 1. The number of hydrogen-bond acceptors (Lipinski definition) is 3. The number of amides is 1. The topological polar surface area (TPSA) is 46.1 Å². The molecule has 1 aromatic heterocycles. The van der Waals surface area contributed by atoms with Crippen molar-refractivity contribution >= 4 is 34.9 Å². The summed E-state index contributed by atoms with van der Waals surface area (Å²) in [5.41, 5.74) is 0.666. The fraction of sp³-hybridized carbons (Fsp3) is 0.444. The Balaban J connectivity index is 2.58. The number of halogens is 2. The van der Waals surface area contributed by atoms with Gasteiger partial charge in [0.05, 0.1) is 6.42 Å². The van der Waals surface area contributed by atoms with Gasteiger partial charge in [-0.25, -0.2) is 4.98 Å². The summed E-state index contributed by atoms with van der Waals surface area (Å²) in [6.45, 7) is 3.83. The first kappa shape index (κ1) is 10.6. The van der Waals surface area contributed by atoms with Crippen LogP contribution in [0.15, 0.2) is 0 Å². The fourth-order valence-corrected chi connectivity index (χ4v) is 2.10. The van der Waals surface area contributed by atoms with Gasteiger partial charge in [0, 0.05) is 11.6 Å². The summed E-state index contributed by atoms with van der Waals surface area (Å²) < 4.78 is 0. The third-order valence-electron chi connectivity index (χ3n) is 2.25. The molecule has 4 nitrogen and oxygen atoms in total. The van der Waals surface area contributed by atoms with Crippen molar-refractivity contribution in [2.75, 3.05) is 4.90 Å². The van der Waals surface area contributed by atoms with E-state index in [1.165, 1.54) is 0 Å². The maximum absolute atomic E-state index is 11.7. The van der Waals surface area contributed by atoms with Crippen molar-refractivity contribution in [3.63, 3.8) is 0 Å². The Hall–Kier alpha value is -0.870. The van der Waals surface area contributed by atoms with Gasteiger partial charge < -0.3 is 0 Å². The molecule has 0 bridgehead atoms. The molecule has 0 unspecified atom stereocenters. The Morgan fingerprint density at radius 2 is 2.00 bits per heavy atom. The van der Waals surface area contributed by atoms with Crippen molar-refractivity contribution < 1.29 is 4.79 Å². The van der Waals surface area contributed by atoms with Crippen molar-refractivity contribution in [3.8, 4) is 0 Å². The second kappa shape index (κ2) is 3.61. The third-order valence-corrected chi connectivity index (χ3v) is 2.73. The highest BCUT2D eigenvalue weighted by atomic mass is 35.5. The van der Waals surface area contributed by atoms with E-state index in [0.29, 0.717) is 11.4 Å². The molecule has 2 heterocycles. The summed E-state index contributed by atoms with van der Waals surface area (Å²) >= 11 is 11.6. The normalized spacial score (nSPS) is 15.0. The molecule has 0 atom stereocenters. The molecule has 0 saturated heterocycles. The van der Waals surface area contributed by atoms with E-state index in [1.807, 2.05) is 13.8 Å². The molecule has 2 rings (SSSR count). The molecule has 15 heavy (non-hydrogen) atoms. The minimum atomic E-state index is -0.0153. The number of anilines is 1. The van der Waals surface area contributed by atoms with Crippen LogP contribution in [0, 0.1) is 0 Å². The van der Waals surface area contributed by atoms with Crippen molar-refractivity contribution in [1.29, 1.82) is 0 Å². The van der Waals surface area contributed by atoms with E-state index in [-0.39, 0.29) is 28.8 Å². The zero-order chi connectivity index (χ0) is 11.2. The van der Waals surface area contributed by atoms with Gasteiger partial charge in [0.1, 0.15) is 11.0 Å². The highest BCUT2D eigenvalue weighted by Crippen LogP contribution is 2.33. The molecular weight excluding hydrogens is 237 g/mol. The SMILES string of the molecule is CC(C)N1C(=O)Cc2c(Cl)nc(Cl)nc21. The monoisotopic (exact) mass is 245 g/mol. The van der Waals surface area contributed by atoms with E-state index in [2.05, 4.69) is 9.97 Å². The largest absolute Gasteiger partial charge is 0.294 e. The van der Waals surface area contributed by atoms with Crippen LogP contribution in [0.1, 0.15) is 19.4 Å². The lowest BCUT2D eigenvalue weighted by Crippen LogP contribution is -2.34. The predicted octanol–water partition coefficient (Wildman–Crippen LogP) is 2.08. The maximum atomic E-state index is 11.7. The van der Waals surface area contributed by atoms with Crippen molar-refractivity contribution in [1.82, 2.24) is 9.97 Å². The predicted molar refractivity (Wildman–Crippen MR) is 58.4 cm³/mol. The van der Waals surface area contributed by atoms with Gasteiger partial charge in [0.15, 0.2) is 0 Å². The van der Waals surface area contributed by atoms with Crippen molar-refractivity contribution in [3.05, 3.63) is 16.0 Å². The zero-order valence-electron chi connectivity index (χ0n) is 8.29. The second-order valence-corrected chi connectivity index (χ2v) is 4.32. The standard InChI is InChI=1S/C9H9Cl2N3O/c1-4(2)14-6(15)3-5-7(10)12-9(11)13-8(5)14/h4H,3H2,1-2H3. The smallest absolute Gasteiger partial charge is 0.233 e. The third kappa shape index (κ3) is 1.68. The molecule has 1 aromatic rings. The minimum absolute atomic E-state index is 0.0153. The molecule has 1 aliphatic heterocycles. The summed E-state index contributed by atoms with van der Waals surface area (Å²) in [4.78, 5) is 21.1. The van der Waals surface area contributed by atoms with Gasteiger partial charge in [-0.1, -0.05) is 11.6 Å². The number of rotatable bonds is 1. The molecule has 1 amide bonds. The first-order valence-electron chi connectivity index (χ1n) is 4.54. The number of aromatic nitrogens is 2. The van der Waals surface area contributed by atoms with E-state index >= 15 is 0 Å². The van der Waals surface area contributed by atoms with Gasteiger partial charge in [-0.15, -0.1) is 0 Å². The molecule has 0 N–H and O–H groups in total. The van der Waals surface area contributed by atoms with E-state index in [1.54, 1.807) is 4.90 Å². The van der Waals surface area contributed by atoms with Gasteiger partial charge in [-0.3, -0.25) is 9.69 Å². The highest BCUT2D eigenvalue weighted by Gasteiger charge is 2.33. The Morgan fingerprint density at radius 3 is 2.60 bits per heavy atom. The van der Waals surface area contributed by atoms with Crippen LogP contribution in [-0.4, -0.2) is 21.9 Å². The van der Waals surface area contributed by atoms with E-state index in [0.717, 1.165) is 0 Å². The van der Waals surface area contributed by atoms with Crippen molar-refractivity contribution in [2.45, 2.75) is 26.3 Å². The van der Waals surface area contributed by atoms with E-state index in [9.17, 15) is 4.79 Å². The van der Waals surface area contributed by atoms with Crippen molar-refractivity contribution in [2.24, 2.45) is 0 Å². The van der Waals surface area contributed by atoms with Crippen LogP contribution in [0.2, 0.25) is 10.4 Å². The lowest BCUT2D eigenvalue weighted by Gasteiger charge is -2.20. The average molecular weight is 246 g/mol. The van der Waals surface area contributed by atoms with Gasteiger partial charge in [-0.2, -0.15) is 4.98 Å². The Labute approximate surface area is 97.2 Å². The summed E-state index contributed by atoms with van der Waals surface area (Å²) in [7, 11) is 0. The van der Waals surface area contributed by atoms with Gasteiger partial charge in [0.25, 0.3) is 0 Å². The molecular formula is C9H9Cl2N3O. The Bertz CT molecular complexity index is 434. The number of carbonyl (C=O) groups excluding carboxylic acids is 1. The molecule has 0 saturated carbocycles. The molecule has 0 radical (unpaired) electrons. The number of fused-ring (bicyclic) bond motifs is 1. The minimum Gasteiger partial charge on any atom is -0.294 e. The number of hydrogen-bond donors (Lipinski definition) is 0. The van der Waals surface area contributed by atoms with Crippen LogP contribution in [-0.2, 0) is 11.2 Å². The fourth-order valence-electron chi connectivity index (χ4n) is 1.66. The van der Waals surface area contributed by atoms with Crippen LogP contribution in [0.25, 0.3) is 0 Å². The van der Waals surface area contributed by atoms with Crippen LogP contribution < -0.4 is 4.90 Å². The summed E-state index contributed by atoms with van der Waals surface area (Å²) in [6, 6.07) is 0.0424. The van der Waals surface area contributed by atoms with Gasteiger partial charge in [-0.05, 0) is 25.4 Å². The lowest BCUT2D eigenvalue weighted by atomic mass is 10.3. The van der Waals surface area contributed by atoms with Crippen LogP contribution in [0.4, 0.5) is 5.82 Å². The molecule has 1 aliphatic rings. The number of nitrogens with zero attached hydrogens (tertiary/aromatic N) is 3. The second-order valence-electron chi connectivity index (χ2n) is 3.62. The average Bonchev–Trinajstić information content (AvgIpc) is 2.41. The molecule has 80 valence electrons. The van der Waals surface area contributed by atoms with E-state index < -0.39 is 0 Å². The molecule has 0 aromatic carbocycles. The Kier molecular flexibility index (Phi) is 2.56. The molecule has 0 spiro atoms. The first-order valence-corrected chi connectivity index (χ1v) is 5.30. The summed E-state index contributed by atoms with van der Waals surface area (Å²) in [5.74, 6) is 0.526.